The number of rotatable bonds is 30. The zero-order chi connectivity index (χ0) is 63.2. The SMILES string of the molecule is CC(Cl)OC(=O)Cl.CCCCC/C=C\C/C=C\CCCCCCCCO[C@@H]1CN(C)C[C@H]1OCCCCCCCC.C[C@@H]1CN(Cc2ccccc2)C[C@H]1C.C[C@@H]1CNC[C@H]1C.O=S(=O)(O)c1ccccc1.O[C@@H]1CN(Cc2ccccc2)C[C@H]1O. The molecule has 86 heavy (non-hydrogen) atoms. The van der Waals surface area contributed by atoms with Crippen molar-refractivity contribution in [2.45, 2.75) is 212 Å². The second kappa shape index (κ2) is 49.5. The topological polar surface area (TPSA) is 161 Å². The minimum Gasteiger partial charge on any atom is -0.434 e. The Hall–Kier alpha value is -3.22. The van der Waals surface area contributed by atoms with E-state index in [1.165, 1.54) is 166 Å². The number of hydrogen-bond donors (Lipinski definition) is 4. The number of nitrogens with one attached hydrogen (secondary N) is 1. The molecule has 0 amide bonds. The van der Waals surface area contributed by atoms with Crippen LogP contribution in [0.25, 0.3) is 0 Å². The molecule has 0 radical (unpaired) electrons. The van der Waals surface area contributed by atoms with E-state index in [0.717, 1.165) is 69.5 Å². The maximum atomic E-state index is 10.4. The van der Waals surface area contributed by atoms with Crippen LogP contribution in [-0.4, -0.2) is 146 Å². The third kappa shape index (κ3) is 40.4. The van der Waals surface area contributed by atoms with Gasteiger partial charge in [0, 0.05) is 77.2 Å². The fourth-order valence-corrected chi connectivity index (χ4v) is 11.1. The Morgan fingerprint density at radius 2 is 0.965 bits per heavy atom. The van der Waals surface area contributed by atoms with E-state index in [1.54, 1.807) is 18.2 Å². The lowest BCUT2D eigenvalue weighted by Crippen LogP contribution is -2.30. The van der Waals surface area contributed by atoms with Crippen LogP contribution in [-0.2, 0) is 37.4 Å². The third-order valence-electron chi connectivity index (χ3n) is 16.0. The number of nitrogens with zero attached hydrogens (tertiary/aromatic N) is 3. The Kier molecular flexibility index (Phi) is 45.4. The number of halogens is 2. The number of hydrogen-bond acceptors (Lipinski definition) is 12. The molecule has 0 saturated carbocycles. The summed E-state index contributed by atoms with van der Waals surface area (Å²) in [5.41, 5.74) is 1.15. The van der Waals surface area contributed by atoms with Gasteiger partial charge in [-0.05, 0) is 119 Å². The van der Waals surface area contributed by atoms with Crippen LogP contribution in [0.5, 0.6) is 0 Å². The fourth-order valence-electron chi connectivity index (χ4n) is 10.4. The number of likely N-dealkylation sites (N-methyl/N-ethyl adjacent to an activating group) is 1. The fraction of sp³-hybridized carbons (Fsp3) is 0.671. The molecule has 490 valence electrons. The number of likely N-dealkylation sites (tertiary alicyclic amines) is 3. The summed E-state index contributed by atoms with van der Waals surface area (Å²) in [6.45, 7) is 27.2. The first-order valence-electron chi connectivity index (χ1n) is 32.7. The predicted octanol–water partition coefficient (Wildman–Crippen LogP) is 15.6. The smallest absolute Gasteiger partial charge is 0.405 e. The van der Waals surface area contributed by atoms with Crippen LogP contribution in [0.2, 0.25) is 0 Å². The van der Waals surface area contributed by atoms with Crippen molar-refractivity contribution in [2.24, 2.45) is 23.7 Å². The number of ether oxygens (including phenoxy) is 3. The lowest BCUT2D eigenvalue weighted by molar-refractivity contribution is -0.0481. The molecule has 3 aromatic rings. The molecule has 7 rings (SSSR count). The Bertz CT molecular complexity index is 2160. The molecule has 3 aromatic carbocycles. The van der Waals surface area contributed by atoms with E-state index in [4.69, 9.17) is 37.2 Å². The van der Waals surface area contributed by atoms with Gasteiger partial charge in [0.1, 0.15) is 0 Å². The minimum atomic E-state index is -4.00. The van der Waals surface area contributed by atoms with Crippen LogP contribution in [0.3, 0.4) is 0 Å². The quantitative estimate of drug-likeness (QED) is 0.0164. The van der Waals surface area contributed by atoms with Crippen LogP contribution in [0.4, 0.5) is 4.79 Å². The van der Waals surface area contributed by atoms with Gasteiger partial charge in [0.05, 0.1) is 29.3 Å². The maximum Gasteiger partial charge on any atom is 0.405 e. The normalized spacial score (nSPS) is 22.6. The molecular weight excluding hydrogens is 1140 g/mol. The lowest BCUT2D eigenvalue weighted by atomic mass is 10.0. The molecule has 0 bridgehead atoms. The van der Waals surface area contributed by atoms with Crippen molar-refractivity contribution in [3.8, 4) is 0 Å². The maximum absolute atomic E-state index is 10.4. The van der Waals surface area contributed by atoms with E-state index < -0.39 is 33.3 Å². The zero-order valence-corrected chi connectivity index (χ0v) is 56.5. The Balaban J connectivity index is 0.000000396. The van der Waals surface area contributed by atoms with E-state index in [2.05, 4.69) is 140 Å². The van der Waals surface area contributed by atoms with E-state index in [-0.39, 0.29) is 17.1 Å². The highest BCUT2D eigenvalue weighted by molar-refractivity contribution is 7.85. The molecule has 4 saturated heterocycles. The molecule has 4 N–H and O–H groups in total. The number of carbonyl (C=O) groups is 1. The molecule has 13 nitrogen and oxygen atoms in total. The van der Waals surface area contributed by atoms with Gasteiger partial charge in [0.15, 0.2) is 5.56 Å². The van der Waals surface area contributed by atoms with Gasteiger partial charge < -0.3 is 34.6 Å². The van der Waals surface area contributed by atoms with Crippen molar-refractivity contribution in [3.05, 3.63) is 126 Å². The molecular formula is C70H116Cl2N4O9S. The number of benzene rings is 3. The molecule has 4 heterocycles. The van der Waals surface area contributed by atoms with Gasteiger partial charge in [0.25, 0.3) is 10.1 Å². The van der Waals surface area contributed by atoms with Crippen molar-refractivity contribution < 1.29 is 42.2 Å². The molecule has 0 spiro atoms. The number of aliphatic hydroxyl groups is 2. The first-order valence-corrected chi connectivity index (χ1v) is 34.9. The molecule has 1 unspecified atom stereocenters. The van der Waals surface area contributed by atoms with Gasteiger partial charge in [-0.25, -0.2) is 4.79 Å². The second-order valence-electron chi connectivity index (χ2n) is 24.1. The van der Waals surface area contributed by atoms with Crippen LogP contribution in [0.15, 0.2) is 120 Å². The summed E-state index contributed by atoms with van der Waals surface area (Å²) in [4.78, 5) is 16.6. The van der Waals surface area contributed by atoms with Gasteiger partial charge in [0.2, 0.25) is 0 Å². The molecule has 4 aliphatic rings. The average Bonchev–Trinajstić information content (AvgIpc) is 4.34. The number of allylic oxidation sites excluding steroid dienone is 4. The van der Waals surface area contributed by atoms with Crippen molar-refractivity contribution >= 4 is 38.7 Å². The van der Waals surface area contributed by atoms with Crippen LogP contribution < -0.4 is 5.32 Å². The van der Waals surface area contributed by atoms with E-state index >= 15 is 0 Å². The van der Waals surface area contributed by atoms with Gasteiger partial charge in [-0.2, -0.15) is 8.42 Å². The predicted molar refractivity (Wildman–Crippen MR) is 359 cm³/mol. The summed E-state index contributed by atoms with van der Waals surface area (Å²) in [6, 6.07) is 28.3. The van der Waals surface area contributed by atoms with E-state index in [9.17, 15) is 23.4 Å². The first kappa shape index (κ1) is 78.9. The summed E-state index contributed by atoms with van der Waals surface area (Å²) < 4.78 is 45.8. The number of alkyl halides is 1. The summed E-state index contributed by atoms with van der Waals surface area (Å²) in [6.07, 6.45) is 32.2. The monoisotopic (exact) mass is 1260 g/mol. The highest BCUT2D eigenvalue weighted by Gasteiger charge is 2.32. The summed E-state index contributed by atoms with van der Waals surface area (Å²) in [5, 5.41) is 22.0. The van der Waals surface area contributed by atoms with Crippen LogP contribution >= 0.6 is 23.2 Å². The largest absolute Gasteiger partial charge is 0.434 e. The van der Waals surface area contributed by atoms with Crippen molar-refractivity contribution in [2.75, 3.05) is 72.6 Å². The molecule has 9 atom stereocenters. The van der Waals surface area contributed by atoms with Crippen molar-refractivity contribution in [3.63, 3.8) is 0 Å². The Labute approximate surface area is 532 Å². The highest BCUT2D eigenvalue weighted by Crippen LogP contribution is 2.24. The number of carbonyl (C=O) groups excluding carboxylic acids is 1. The lowest BCUT2D eigenvalue weighted by Gasteiger charge is -2.20. The highest BCUT2D eigenvalue weighted by atomic mass is 35.5. The molecule has 4 aliphatic heterocycles. The van der Waals surface area contributed by atoms with Gasteiger partial charge in [-0.3, -0.25) is 14.4 Å². The number of aliphatic hydroxyl groups excluding tert-OH is 2. The number of β-amino-alcohol motifs (C(OH)–C–C–N with tert-alkyl or cyclic N) is 2. The summed E-state index contributed by atoms with van der Waals surface area (Å²) in [7, 11) is -1.82. The van der Waals surface area contributed by atoms with E-state index in [1.807, 2.05) is 18.2 Å². The van der Waals surface area contributed by atoms with Crippen molar-refractivity contribution in [1.82, 2.24) is 20.0 Å². The van der Waals surface area contributed by atoms with Gasteiger partial charge in [-0.15, -0.1) is 0 Å². The minimum absolute atomic E-state index is 0.0741. The second-order valence-corrected chi connectivity index (χ2v) is 26.5. The molecule has 0 aromatic heterocycles. The standard InChI is InChI=1S/C31H59NO2.C13H19N.C11H15NO2.C6H13N.C6H6O3S.C3H4Cl2O2/c1-4-6-8-10-12-13-14-15-16-17-18-19-20-21-23-25-27-34-31-29-32(3)28-30(31)33-26-24-22-11-9-7-5-2;1-11-8-14(9-12(11)2)10-13-6-4-3-5-7-13;13-10-7-12(8-11(10)14)6-9-4-2-1-3-5-9;1-5-3-7-4-6(5)2;7-10(8,9)6-4-2-1-3-5-6;1-2(4)7-3(5)6/h12-13,15-16,30-31H,4-11,14,17-29H2,1-3H3;3-7,11-12H,8-10H2,1-2H3;1-5,10-11,13-14H,6-8H2;5-7H,3-4H2,1-2H3;1-5H,(H,7,8,9);2H,1H3/b13-12-,16-15-;;;;;/t30-,31-;11-,12-;10-,11-;5-,6-;;/m1111../s1. The Morgan fingerprint density at radius 3 is 1.34 bits per heavy atom. The van der Waals surface area contributed by atoms with Crippen molar-refractivity contribution in [1.29, 1.82) is 0 Å². The van der Waals surface area contributed by atoms with Gasteiger partial charge >= 0.3 is 5.43 Å². The summed E-state index contributed by atoms with van der Waals surface area (Å²) >= 11 is 9.87. The number of unbranched alkanes of at least 4 members (excludes halogenated alkanes) is 14. The first-order chi connectivity index (χ1) is 41.3. The molecule has 0 aliphatic carbocycles. The molecule has 16 heteroatoms. The molecule has 4 fully saturated rings. The van der Waals surface area contributed by atoms with Crippen LogP contribution in [0, 0.1) is 23.7 Å². The average molecular weight is 1260 g/mol. The van der Waals surface area contributed by atoms with Gasteiger partial charge in [-0.1, -0.05) is 227 Å². The van der Waals surface area contributed by atoms with Crippen LogP contribution in [0.1, 0.15) is 175 Å². The third-order valence-corrected chi connectivity index (χ3v) is 17.0. The Morgan fingerprint density at radius 1 is 0.581 bits per heavy atom. The zero-order valence-electron chi connectivity index (χ0n) is 54.2. The summed E-state index contributed by atoms with van der Waals surface area (Å²) in [5.74, 6) is 3.53. The van der Waals surface area contributed by atoms with E-state index in [0.29, 0.717) is 13.1 Å².